The Balaban J connectivity index is 1.09. The molecule has 4 aromatic rings. The number of benzene rings is 2. The van der Waals surface area contributed by atoms with Crippen LogP contribution in [-0.2, 0) is 22.7 Å². The molecular weight excluding hydrogens is 687 g/mol. The largest absolute Gasteiger partial charge is 0.481 e. The molecule has 3 aliphatic heterocycles. The maximum atomic E-state index is 11.7. The summed E-state index contributed by atoms with van der Waals surface area (Å²) in [6.07, 6.45) is 0. The van der Waals surface area contributed by atoms with E-state index in [1.807, 2.05) is 64.4 Å². The minimum atomic E-state index is 0.113. The number of hydrogen-bond acceptors (Lipinski definition) is 8. The molecule has 3 aliphatic rings. The van der Waals surface area contributed by atoms with E-state index in [-0.39, 0.29) is 17.2 Å². The van der Waals surface area contributed by atoms with Gasteiger partial charge in [0.05, 0.1) is 35.7 Å². The normalized spacial score (nSPS) is 17.2. The van der Waals surface area contributed by atoms with E-state index < -0.39 is 0 Å². The van der Waals surface area contributed by atoms with Gasteiger partial charge in [-0.15, -0.1) is 0 Å². The molecule has 0 aliphatic carbocycles. The highest BCUT2D eigenvalue weighted by Gasteiger charge is 2.52. The number of rotatable bonds is 9. The third kappa shape index (κ3) is 7.02. The van der Waals surface area contributed by atoms with Crippen molar-refractivity contribution in [1.29, 1.82) is 0 Å². The number of halogens is 2. The molecule has 0 saturated carbocycles. The Morgan fingerprint density at radius 3 is 1.53 bits per heavy atom. The minimum absolute atomic E-state index is 0.113. The number of likely N-dealkylation sites (tertiary alicyclic amines) is 2. The van der Waals surface area contributed by atoms with Gasteiger partial charge in [-0.05, 0) is 12.1 Å². The van der Waals surface area contributed by atoms with Gasteiger partial charge in [0.2, 0.25) is 23.6 Å². The van der Waals surface area contributed by atoms with Gasteiger partial charge < -0.3 is 19.3 Å². The van der Waals surface area contributed by atoms with Gasteiger partial charge in [-0.1, -0.05) is 71.7 Å². The standard InChI is InChI=1S/C39H42Cl2N6O4/c1-25(48)46-17-15-44(16-18-46)19-27-11-13-33(42-37(27)50-3)31-9-5-7-29(35(31)40)30-8-6-10-32(36(30)41)34-14-12-28(38(43-34)51-4)20-45-21-39(22-45)23-47(24-39)26(2)49/h5-14H,15-24H2,1-4H3. The zero-order chi connectivity index (χ0) is 35.9. The topological polar surface area (TPSA) is 91.3 Å². The second-order valence-corrected chi connectivity index (χ2v) is 14.6. The minimum Gasteiger partial charge on any atom is -0.481 e. The average Bonchev–Trinajstić information content (AvgIpc) is 3.09. The number of pyridine rings is 2. The van der Waals surface area contributed by atoms with Gasteiger partial charge in [-0.3, -0.25) is 19.4 Å². The third-order valence-electron chi connectivity index (χ3n) is 10.3. The van der Waals surface area contributed by atoms with Crippen LogP contribution in [0.1, 0.15) is 25.0 Å². The highest BCUT2D eigenvalue weighted by atomic mass is 35.5. The first-order valence-corrected chi connectivity index (χ1v) is 18.0. The van der Waals surface area contributed by atoms with E-state index in [1.165, 1.54) is 0 Å². The summed E-state index contributed by atoms with van der Waals surface area (Å²) in [6, 6.07) is 19.8. The van der Waals surface area contributed by atoms with Crippen molar-refractivity contribution in [1.82, 2.24) is 29.6 Å². The summed E-state index contributed by atoms with van der Waals surface area (Å²) in [7, 11) is 3.26. The number of nitrogens with zero attached hydrogens (tertiary/aromatic N) is 6. The zero-order valence-electron chi connectivity index (χ0n) is 29.4. The molecule has 12 heteroatoms. The molecule has 0 radical (unpaired) electrons. The quantitative estimate of drug-likeness (QED) is 0.203. The van der Waals surface area contributed by atoms with Crippen LogP contribution in [0.3, 0.4) is 0 Å². The fraction of sp³-hybridized carbons (Fsp3) is 0.385. The van der Waals surface area contributed by atoms with Crippen LogP contribution in [-0.4, -0.2) is 108 Å². The molecule has 0 N–H and O–H groups in total. The van der Waals surface area contributed by atoms with Crippen LogP contribution in [0.2, 0.25) is 10.0 Å². The Hall–Kier alpha value is -4.22. The Kier molecular flexibility index (Phi) is 9.95. The molecule has 1 spiro atoms. The van der Waals surface area contributed by atoms with Crippen LogP contribution in [0.25, 0.3) is 33.6 Å². The summed E-state index contributed by atoms with van der Waals surface area (Å²) in [5.74, 6) is 1.37. The molecule has 0 bridgehead atoms. The first kappa shape index (κ1) is 35.2. The SMILES string of the molecule is COc1nc(-c2cccc(-c3cccc(-c4ccc(CN5CC6(C5)CN(C(C)=O)C6)c(OC)n4)c3Cl)c2Cl)ccc1CN1CCN(C(C)=O)CC1. The van der Waals surface area contributed by atoms with E-state index in [0.29, 0.717) is 52.8 Å². The summed E-state index contributed by atoms with van der Waals surface area (Å²) in [4.78, 5) is 41.6. The van der Waals surface area contributed by atoms with Gasteiger partial charge in [0, 0.05) is 118 Å². The van der Waals surface area contributed by atoms with Crippen LogP contribution >= 0.6 is 23.2 Å². The van der Waals surface area contributed by atoms with Crippen LogP contribution in [0.4, 0.5) is 0 Å². The number of amides is 2. The number of methoxy groups -OCH3 is 2. The Bertz CT molecular complexity index is 1970. The van der Waals surface area contributed by atoms with Gasteiger partial charge in [0.15, 0.2) is 0 Å². The molecule has 3 saturated heterocycles. The molecule has 2 amide bonds. The number of carbonyl (C=O) groups excluding carboxylic acids is 2. The molecule has 10 nitrogen and oxygen atoms in total. The number of aromatic nitrogens is 2. The summed E-state index contributed by atoms with van der Waals surface area (Å²) < 4.78 is 11.5. The van der Waals surface area contributed by atoms with Gasteiger partial charge in [-0.25, -0.2) is 9.97 Å². The predicted molar refractivity (Wildman–Crippen MR) is 199 cm³/mol. The molecule has 51 heavy (non-hydrogen) atoms. The van der Waals surface area contributed by atoms with E-state index in [1.54, 1.807) is 28.1 Å². The average molecular weight is 730 g/mol. The second-order valence-electron chi connectivity index (χ2n) is 13.9. The van der Waals surface area contributed by atoms with E-state index in [2.05, 4.69) is 15.9 Å². The van der Waals surface area contributed by atoms with Crippen LogP contribution in [0.5, 0.6) is 11.8 Å². The van der Waals surface area contributed by atoms with E-state index in [0.717, 1.165) is 79.2 Å². The summed E-state index contributed by atoms with van der Waals surface area (Å²) in [5.41, 5.74) is 6.72. The fourth-order valence-electron chi connectivity index (χ4n) is 7.61. The molecule has 7 rings (SSSR count). The predicted octanol–water partition coefficient (Wildman–Crippen LogP) is 6.13. The Morgan fingerprint density at radius 1 is 0.627 bits per heavy atom. The smallest absolute Gasteiger partial charge is 0.219 e. The molecule has 266 valence electrons. The third-order valence-corrected chi connectivity index (χ3v) is 11.1. The fourth-order valence-corrected chi connectivity index (χ4v) is 8.26. The van der Waals surface area contributed by atoms with Crippen molar-refractivity contribution < 1.29 is 19.1 Å². The number of hydrogen-bond donors (Lipinski definition) is 0. The van der Waals surface area contributed by atoms with Crippen molar-refractivity contribution in [2.24, 2.45) is 5.41 Å². The molecule has 0 unspecified atom stereocenters. The van der Waals surface area contributed by atoms with Crippen molar-refractivity contribution in [2.45, 2.75) is 26.9 Å². The van der Waals surface area contributed by atoms with Crippen molar-refractivity contribution >= 4 is 35.0 Å². The van der Waals surface area contributed by atoms with Gasteiger partial charge in [0.25, 0.3) is 0 Å². The summed E-state index contributed by atoms with van der Waals surface area (Å²) >= 11 is 14.3. The molecule has 5 heterocycles. The Labute approximate surface area is 308 Å². The number of ether oxygens (including phenoxy) is 2. The number of carbonyl (C=O) groups is 2. The second kappa shape index (κ2) is 14.4. The molecule has 3 fully saturated rings. The van der Waals surface area contributed by atoms with E-state index >= 15 is 0 Å². The zero-order valence-corrected chi connectivity index (χ0v) is 30.9. The van der Waals surface area contributed by atoms with Crippen molar-refractivity contribution in [3.63, 3.8) is 0 Å². The van der Waals surface area contributed by atoms with E-state index in [4.69, 9.17) is 42.6 Å². The van der Waals surface area contributed by atoms with Gasteiger partial charge in [0.1, 0.15) is 0 Å². The van der Waals surface area contributed by atoms with Crippen molar-refractivity contribution in [2.75, 3.05) is 66.6 Å². The highest BCUT2D eigenvalue weighted by molar-refractivity contribution is 6.39. The Morgan fingerprint density at radius 2 is 1.08 bits per heavy atom. The number of piperazine rings is 1. The van der Waals surface area contributed by atoms with Crippen LogP contribution < -0.4 is 9.47 Å². The van der Waals surface area contributed by atoms with Crippen molar-refractivity contribution in [3.05, 3.63) is 81.8 Å². The maximum Gasteiger partial charge on any atom is 0.219 e. The lowest BCUT2D eigenvalue weighted by molar-refractivity contribution is -0.157. The lowest BCUT2D eigenvalue weighted by atomic mass is 9.72. The molecular formula is C39H42Cl2N6O4. The first-order valence-electron chi connectivity index (χ1n) is 17.2. The highest BCUT2D eigenvalue weighted by Crippen LogP contribution is 2.44. The van der Waals surface area contributed by atoms with Gasteiger partial charge in [-0.2, -0.15) is 0 Å². The van der Waals surface area contributed by atoms with Crippen molar-refractivity contribution in [3.8, 4) is 45.4 Å². The summed E-state index contributed by atoms with van der Waals surface area (Å²) in [6.45, 7) is 11.3. The molecule has 2 aromatic carbocycles. The molecule has 0 atom stereocenters. The van der Waals surface area contributed by atoms with Crippen LogP contribution in [0.15, 0.2) is 60.7 Å². The van der Waals surface area contributed by atoms with Crippen LogP contribution in [0, 0.1) is 5.41 Å². The lowest BCUT2D eigenvalue weighted by Gasteiger charge is -2.60. The molecule has 2 aromatic heterocycles. The van der Waals surface area contributed by atoms with E-state index in [9.17, 15) is 9.59 Å². The maximum absolute atomic E-state index is 11.7. The monoisotopic (exact) mass is 728 g/mol. The first-order chi connectivity index (χ1) is 24.6. The van der Waals surface area contributed by atoms with Gasteiger partial charge >= 0.3 is 0 Å². The lowest BCUT2D eigenvalue weighted by Crippen LogP contribution is -2.72. The summed E-state index contributed by atoms with van der Waals surface area (Å²) in [5, 5.41) is 1.07.